The molecule has 0 amide bonds. The molecule has 0 rings (SSSR count). The fourth-order valence-electron chi connectivity index (χ4n) is 0.698. The second kappa shape index (κ2) is 6.48. The lowest BCUT2D eigenvalue weighted by Gasteiger charge is -2.14. The summed E-state index contributed by atoms with van der Waals surface area (Å²) < 4.78 is 4.96. The average Bonchev–Trinajstić information content (AvgIpc) is 1.98. The van der Waals surface area contributed by atoms with E-state index in [0.29, 0.717) is 12.4 Å². The van der Waals surface area contributed by atoms with E-state index in [1.54, 1.807) is 11.8 Å². The van der Waals surface area contributed by atoms with E-state index in [9.17, 15) is 4.79 Å². The van der Waals surface area contributed by atoms with E-state index in [2.05, 4.69) is 19.6 Å². The molecule has 0 heterocycles. The number of carbonyl (C=O) groups excluding carboxylic acids is 1. The fourth-order valence-corrected chi connectivity index (χ4v) is 3.81. The van der Waals surface area contributed by atoms with Crippen LogP contribution in [0.3, 0.4) is 0 Å². The van der Waals surface area contributed by atoms with Gasteiger partial charge in [-0.3, -0.25) is 4.79 Å². The number of rotatable bonds is 6. The predicted molar refractivity (Wildman–Crippen MR) is 61.9 cm³/mol. The monoisotopic (exact) mass is 220 g/mol. The highest BCUT2D eigenvalue weighted by atomic mass is 32.2. The van der Waals surface area contributed by atoms with Gasteiger partial charge in [0.1, 0.15) is 0 Å². The van der Waals surface area contributed by atoms with Gasteiger partial charge in [-0.25, -0.2) is 0 Å². The van der Waals surface area contributed by atoms with E-state index in [4.69, 9.17) is 4.74 Å². The molecule has 78 valence electrons. The van der Waals surface area contributed by atoms with E-state index < -0.39 is 8.07 Å². The van der Waals surface area contributed by atoms with Crippen molar-refractivity contribution in [3.63, 3.8) is 0 Å². The lowest BCUT2D eigenvalue weighted by atomic mass is 10.5. The first-order valence-electron chi connectivity index (χ1n) is 4.69. The highest BCUT2D eigenvalue weighted by Crippen LogP contribution is 2.11. The largest absolute Gasteiger partial charge is 0.465 e. The maximum Gasteiger partial charge on any atom is 0.315 e. The summed E-state index contributed by atoms with van der Waals surface area (Å²) in [6, 6.07) is 0. The number of carbonyl (C=O) groups is 1. The first-order valence-corrected chi connectivity index (χ1v) is 9.55. The Kier molecular flexibility index (Phi) is 6.50. The second-order valence-corrected chi connectivity index (χ2v) is 11.2. The van der Waals surface area contributed by atoms with Crippen LogP contribution in [-0.2, 0) is 9.53 Å². The maximum absolute atomic E-state index is 11.1. The minimum absolute atomic E-state index is 0.0647. The molecule has 13 heavy (non-hydrogen) atoms. The van der Waals surface area contributed by atoms with Gasteiger partial charge < -0.3 is 4.74 Å². The molecule has 0 bridgehead atoms. The first-order chi connectivity index (χ1) is 5.95. The molecule has 0 aliphatic rings. The van der Waals surface area contributed by atoms with Crippen molar-refractivity contribution in [2.24, 2.45) is 0 Å². The van der Waals surface area contributed by atoms with Gasteiger partial charge in [0.15, 0.2) is 0 Å². The molecular weight excluding hydrogens is 200 g/mol. The molecule has 2 nitrogen and oxygen atoms in total. The molecule has 0 fully saturated rings. The highest BCUT2D eigenvalue weighted by Gasteiger charge is 2.13. The summed E-state index contributed by atoms with van der Waals surface area (Å²) in [5.41, 5.74) is 0. The number of hydrogen-bond acceptors (Lipinski definition) is 3. The first kappa shape index (κ1) is 13.0. The van der Waals surface area contributed by atoms with Crippen LogP contribution in [0.4, 0.5) is 0 Å². The van der Waals surface area contributed by atoms with Crippen LogP contribution in [0.1, 0.15) is 13.3 Å². The van der Waals surface area contributed by atoms with E-state index in [1.807, 2.05) is 6.92 Å². The molecule has 0 saturated carbocycles. The van der Waals surface area contributed by atoms with Gasteiger partial charge >= 0.3 is 5.97 Å². The standard InChI is InChI=1S/C9H20O2SSi/c1-5-6-11-9(10)7-12-8-13(2,3)4/h5-8H2,1-4H3. The SMILES string of the molecule is CCCOC(=O)CSC[Si](C)(C)C. The van der Waals surface area contributed by atoms with Crippen LogP contribution in [0.25, 0.3) is 0 Å². The molecule has 0 spiro atoms. The van der Waals surface area contributed by atoms with Crippen LogP contribution in [-0.4, -0.2) is 31.8 Å². The molecule has 0 aromatic carbocycles. The zero-order valence-electron chi connectivity index (χ0n) is 9.05. The van der Waals surface area contributed by atoms with Crippen LogP contribution in [0.15, 0.2) is 0 Å². The van der Waals surface area contributed by atoms with Crippen molar-refractivity contribution in [3.8, 4) is 0 Å². The van der Waals surface area contributed by atoms with Crippen LogP contribution in [0.5, 0.6) is 0 Å². The van der Waals surface area contributed by atoms with Gasteiger partial charge in [-0.05, 0) is 11.8 Å². The lowest BCUT2D eigenvalue weighted by molar-refractivity contribution is -0.140. The lowest BCUT2D eigenvalue weighted by Crippen LogP contribution is -2.25. The zero-order valence-corrected chi connectivity index (χ0v) is 10.9. The predicted octanol–water partition coefficient (Wildman–Crippen LogP) is 2.55. The second-order valence-electron chi connectivity index (χ2n) is 4.27. The third kappa shape index (κ3) is 9.95. The molecule has 0 N–H and O–H groups in total. The topological polar surface area (TPSA) is 26.3 Å². The number of ether oxygens (including phenoxy) is 1. The Labute approximate surface area is 86.4 Å². The minimum Gasteiger partial charge on any atom is -0.465 e. The maximum atomic E-state index is 11.1. The number of hydrogen-bond donors (Lipinski definition) is 0. The molecular formula is C9H20O2SSi. The Morgan fingerprint density at radius 3 is 2.46 bits per heavy atom. The van der Waals surface area contributed by atoms with Gasteiger partial charge in [-0.1, -0.05) is 26.6 Å². The van der Waals surface area contributed by atoms with Crippen LogP contribution in [0.2, 0.25) is 19.6 Å². The van der Waals surface area contributed by atoms with Crippen LogP contribution in [0, 0.1) is 0 Å². The number of esters is 1. The van der Waals surface area contributed by atoms with Gasteiger partial charge in [0, 0.05) is 0 Å². The summed E-state index contributed by atoms with van der Waals surface area (Å²) >= 11 is 1.71. The van der Waals surface area contributed by atoms with E-state index in [0.717, 1.165) is 11.8 Å². The van der Waals surface area contributed by atoms with Crippen molar-refractivity contribution in [1.82, 2.24) is 0 Å². The summed E-state index contributed by atoms with van der Waals surface area (Å²) in [5, 5.41) is 1.13. The molecule has 0 aliphatic heterocycles. The molecule has 0 aliphatic carbocycles. The van der Waals surface area contributed by atoms with Crippen molar-refractivity contribution in [2.75, 3.05) is 17.7 Å². The Morgan fingerprint density at radius 1 is 1.38 bits per heavy atom. The molecule has 0 unspecified atom stereocenters. The Morgan fingerprint density at radius 2 is 2.00 bits per heavy atom. The Balaban J connectivity index is 3.37. The fraction of sp³-hybridized carbons (Fsp3) is 0.889. The molecule has 0 aromatic rings. The summed E-state index contributed by atoms with van der Waals surface area (Å²) in [5.74, 6) is 0.453. The average molecular weight is 220 g/mol. The molecule has 0 saturated heterocycles. The van der Waals surface area contributed by atoms with E-state index in [-0.39, 0.29) is 5.97 Å². The van der Waals surface area contributed by atoms with E-state index >= 15 is 0 Å². The molecule has 0 atom stereocenters. The van der Waals surface area contributed by atoms with Gasteiger partial charge in [0.2, 0.25) is 0 Å². The van der Waals surface area contributed by atoms with E-state index in [1.165, 1.54) is 0 Å². The zero-order chi connectivity index (χ0) is 10.3. The Bertz CT molecular complexity index is 154. The Hall–Kier alpha value is 0.0369. The van der Waals surface area contributed by atoms with Crippen molar-refractivity contribution in [3.05, 3.63) is 0 Å². The summed E-state index contributed by atoms with van der Waals surface area (Å²) in [6.07, 6.45) is 0.907. The van der Waals surface area contributed by atoms with Gasteiger partial charge in [-0.15, -0.1) is 0 Å². The van der Waals surface area contributed by atoms with Gasteiger partial charge in [-0.2, -0.15) is 11.8 Å². The van der Waals surface area contributed by atoms with Crippen molar-refractivity contribution in [1.29, 1.82) is 0 Å². The summed E-state index contributed by atoms with van der Waals surface area (Å²) in [7, 11) is -1.00. The summed E-state index contributed by atoms with van der Waals surface area (Å²) in [4.78, 5) is 11.1. The molecule has 0 aromatic heterocycles. The third-order valence-corrected chi connectivity index (χ3v) is 5.94. The summed E-state index contributed by atoms with van der Waals surface area (Å²) in [6.45, 7) is 9.47. The van der Waals surface area contributed by atoms with Crippen LogP contribution >= 0.6 is 11.8 Å². The molecule has 0 radical (unpaired) electrons. The third-order valence-electron chi connectivity index (χ3n) is 1.22. The highest BCUT2D eigenvalue weighted by molar-refractivity contribution is 8.01. The number of thioether (sulfide) groups is 1. The van der Waals surface area contributed by atoms with Crippen molar-refractivity contribution < 1.29 is 9.53 Å². The van der Waals surface area contributed by atoms with Crippen molar-refractivity contribution in [2.45, 2.75) is 33.0 Å². The van der Waals surface area contributed by atoms with Gasteiger partial charge in [0.05, 0.1) is 20.4 Å². The molecule has 4 heteroatoms. The minimum atomic E-state index is -1.00. The normalized spacial score (nSPS) is 11.4. The smallest absolute Gasteiger partial charge is 0.315 e. The van der Waals surface area contributed by atoms with Gasteiger partial charge in [0.25, 0.3) is 0 Å². The quantitative estimate of drug-likeness (QED) is 0.508. The van der Waals surface area contributed by atoms with Crippen molar-refractivity contribution >= 4 is 25.8 Å². The van der Waals surface area contributed by atoms with Crippen LogP contribution < -0.4 is 0 Å².